The Morgan fingerprint density at radius 3 is 2.58 bits per heavy atom. The summed E-state index contributed by atoms with van der Waals surface area (Å²) in [6.07, 6.45) is 0. The summed E-state index contributed by atoms with van der Waals surface area (Å²) in [4.78, 5) is 7.38. The van der Waals surface area contributed by atoms with E-state index in [4.69, 9.17) is 9.72 Å². The molecule has 2 atom stereocenters. The lowest BCUT2D eigenvalue weighted by Gasteiger charge is -2.19. The van der Waals surface area contributed by atoms with Crippen molar-refractivity contribution in [3.05, 3.63) is 58.8 Å². The van der Waals surface area contributed by atoms with Crippen molar-refractivity contribution in [3.63, 3.8) is 0 Å². The Morgan fingerprint density at radius 1 is 1.08 bits per heavy atom. The number of hydrogen-bond acceptors (Lipinski definition) is 3. The normalized spacial score (nSPS) is 24.8. The van der Waals surface area contributed by atoms with E-state index in [1.807, 2.05) is 36.4 Å². The Balaban J connectivity index is 1.19. The smallest absolute Gasteiger partial charge is 0.123 e. The van der Waals surface area contributed by atoms with Gasteiger partial charge >= 0.3 is 0 Å². The summed E-state index contributed by atoms with van der Waals surface area (Å²) in [6, 6.07) is 16.4. The van der Waals surface area contributed by atoms with Gasteiger partial charge in [0.25, 0.3) is 0 Å². The third-order valence-electron chi connectivity index (χ3n) is 5.94. The van der Waals surface area contributed by atoms with Crippen molar-refractivity contribution in [1.82, 2.24) is 14.5 Å². The number of piperidine rings is 1. The van der Waals surface area contributed by atoms with Crippen LogP contribution in [0.4, 0.5) is 0 Å². The first-order chi connectivity index (χ1) is 12.7. The van der Waals surface area contributed by atoms with Crippen LogP contribution >= 0.6 is 15.9 Å². The number of likely N-dealkylation sites (tertiary alicyclic amines) is 1. The Hall–Kier alpha value is -1.85. The number of nitrogens with zero attached hydrogens (tertiary/aromatic N) is 3. The monoisotopic (exact) mass is 411 g/mol. The van der Waals surface area contributed by atoms with Crippen molar-refractivity contribution in [3.8, 4) is 5.75 Å². The molecule has 4 nitrogen and oxygen atoms in total. The molecule has 5 rings (SSSR count). The lowest BCUT2D eigenvalue weighted by Crippen LogP contribution is -2.26. The summed E-state index contributed by atoms with van der Waals surface area (Å²) in [5.74, 6) is 4.44. The number of hydrogen-bond donors (Lipinski definition) is 0. The predicted octanol–water partition coefficient (Wildman–Crippen LogP) is 4.09. The average Bonchev–Trinajstić information content (AvgIpc) is 2.96. The number of ether oxygens (including phenoxy) is 1. The van der Waals surface area contributed by atoms with Gasteiger partial charge < -0.3 is 9.30 Å². The van der Waals surface area contributed by atoms with Gasteiger partial charge in [-0.3, -0.25) is 4.90 Å². The highest BCUT2D eigenvalue weighted by molar-refractivity contribution is 9.10. The predicted molar refractivity (Wildman–Crippen MR) is 106 cm³/mol. The molecule has 0 amide bonds. The second-order valence-corrected chi connectivity index (χ2v) is 8.36. The Morgan fingerprint density at radius 2 is 1.85 bits per heavy atom. The van der Waals surface area contributed by atoms with Crippen molar-refractivity contribution in [1.29, 1.82) is 0 Å². The maximum absolute atomic E-state index is 5.95. The average molecular weight is 412 g/mol. The summed E-state index contributed by atoms with van der Waals surface area (Å²) < 4.78 is 9.28. The number of aromatic nitrogens is 2. The molecule has 0 spiro atoms. The first kappa shape index (κ1) is 16.3. The highest BCUT2D eigenvalue weighted by Crippen LogP contribution is 2.52. The quantitative estimate of drug-likeness (QED) is 0.633. The van der Waals surface area contributed by atoms with Crippen LogP contribution in [-0.4, -0.2) is 34.1 Å². The molecule has 2 aliphatic rings. The third kappa shape index (κ3) is 2.83. The SMILES string of the molecule is Cn1c(CN2CC3C(COc4ccccc4)C3C2)nc2cccc(Br)c21. The summed E-state index contributed by atoms with van der Waals surface area (Å²) in [5.41, 5.74) is 2.25. The first-order valence-corrected chi connectivity index (χ1v) is 10.00. The van der Waals surface area contributed by atoms with Crippen LogP contribution in [0, 0.1) is 17.8 Å². The number of benzene rings is 2. The van der Waals surface area contributed by atoms with Crippen LogP contribution in [0.2, 0.25) is 0 Å². The lowest BCUT2D eigenvalue weighted by atomic mass is 10.2. The lowest BCUT2D eigenvalue weighted by molar-refractivity contribution is 0.226. The molecule has 134 valence electrons. The Bertz CT molecular complexity index is 927. The zero-order valence-corrected chi connectivity index (χ0v) is 16.4. The molecule has 1 saturated heterocycles. The zero-order chi connectivity index (χ0) is 17.7. The third-order valence-corrected chi connectivity index (χ3v) is 6.58. The molecule has 2 heterocycles. The number of imidazole rings is 1. The van der Waals surface area contributed by atoms with Crippen LogP contribution in [0.5, 0.6) is 5.75 Å². The molecule has 2 fully saturated rings. The van der Waals surface area contributed by atoms with Gasteiger partial charge in [-0.15, -0.1) is 0 Å². The second kappa shape index (κ2) is 6.39. The standard InChI is InChI=1S/C21H22BrN3O/c1-24-20(23-19-9-5-8-18(22)21(19)24)12-25-10-15-16(11-25)17(15)13-26-14-6-3-2-4-7-14/h2-9,15-17H,10-13H2,1H3. The Labute approximate surface area is 161 Å². The van der Waals surface area contributed by atoms with Crippen molar-refractivity contribution >= 4 is 27.0 Å². The van der Waals surface area contributed by atoms with E-state index in [1.54, 1.807) is 0 Å². The van der Waals surface area contributed by atoms with Crippen LogP contribution in [-0.2, 0) is 13.6 Å². The first-order valence-electron chi connectivity index (χ1n) is 9.21. The second-order valence-electron chi connectivity index (χ2n) is 7.50. The van der Waals surface area contributed by atoms with Gasteiger partial charge in [-0.25, -0.2) is 4.98 Å². The minimum absolute atomic E-state index is 0.723. The zero-order valence-electron chi connectivity index (χ0n) is 14.8. The van der Waals surface area contributed by atoms with E-state index in [-0.39, 0.29) is 0 Å². The molecular formula is C21H22BrN3O. The van der Waals surface area contributed by atoms with Crippen LogP contribution in [0.15, 0.2) is 53.0 Å². The maximum atomic E-state index is 5.95. The number of halogens is 1. The summed E-state index contributed by atoms with van der Waals surface area (Å²) in [6.45, 7) is 4.11. The summed E-state index contributed by atoms with van der Waals surface area (Å²) in [5, 5.41) is 0. The number of fused-ring (bicyclic) bond motifs is 2. The van der Waals surface area contributed by atoms with Gasteiger partial charge in [0.1, 0.15) is 11.6 Å². The van der Waals surface area contributed by atoms with E-state index in [2.05, 4.69) is 44.6 Å². The van der Waals surface area contributed by atoms with Gasteiger partial charge in [-0.2, -0.15) is 0 Å². The van der Waals surface area contributed by atoms with Gasteiger partial charge in [-0.1, -0.05) is 24.3 Å². The molecular weight excluding hydrogens is 390 g/mol. The molecule has 0 radical (unpaired) electrons. The summed E-state index contributed by atoms with van der Waals surface area (Å²) in [7, 11) is 2.11. The van der Waals surface area contributed by atoms with Gasteiger partial charge in [0.05, 0.1) is 24.2 Å². The van der Waals surface area contributed by atoms with Crippen molar-refractivity contribution in [2.75, 3.05) is 19.7 Å². The van der Waals surface area contributed by atoms with Crippen molar-refractivity contribution in [2.24, 2.45) is 24.8 Å². The van der Waals surface area contributed by atoms with E-state index in [9.17, 15) is 0 Å². The van der Waals surface area contributed by atoms with Crippen LogP contribution in [0.25, 0.3) is 11.0 Å². The van der Waals surface area contributed by atoms with Gasteiger partial charge in [0.2, 0.25) is 0 Å². The highest BCUT2D eigenvalue weighted by Gasteiger charge is 2.55. The van der Waals surface area contributed by atoms with E-state index < -0.39 is 0 Å². The summed E-state index contributed by atoms with van der Waals surface area (Å²) >= 11 is 3.65. The minimum Gasteiger partial charge on any atom is -0.493 e. The highest BCUT2D eigenvalue weighted by atomic mass is 79.9. The number of rotatable bonds is 5. The maximum Gasteiger partial charge on any atom is 0.123 e. The molecule has 1 aliphatic heterocycles. The fourth-order valence-electron chi connectivity index (χ4n) is 4.43. The minimum atomic E-state index is 0.723. The number of para-hydroxylation sites is 2. The fraction of sp³-hybridized carbons (Fsp3) is 0.381. The van der Waals surface area contributed by atoms with Gasteiger partial charge in [0.15, 0.2) is 0 Å². The van der Waals surface area contributed by atoms with E-state index in [0.717, 1.165) is 65.6 Å². The van der Waals surface area contributed by atoms with Crippen molar-refractivity contribution in [2.45, 2.75) is 6.54 Å². The molecule has 0 N–H and O–H groups in total. The molecule has 2 unspecified atom stereocenters. The van der Waals surface area contributed by atoms with E-state index >= 15 is 0 Å². The molecule has 1 aromatic heterocycles. The van der Waals surface area contributed by atoms with Gasteiger partial charge in [0, 0.05) is 30.5 Å². The topological polar surface area (TPSA) is 30.3 Å². The van der Waals surface area contributed by atoms with Crippen LogP contribution < -0.4 is 4.74 Å². The molecule has 26 heavy (non-hydrogen) atoms. The molecule has 1 aliphatic carbocycles. The van der Waals surface area contributed by atoms with E-state index in [1.165, 1.54) is 5.52 Å². The van der Waals surface area contributed by atoms with Gasteiger partial charge in [-0.05, 0) is 52.0 Å². The van der Waals surface area contributed by atoms with Crippen LogP contribution in [0.1, 0.15) is 5.82 Å². The fourth-order valence-corrected chi connectivity index (χ4v) is 5.05. The molecule has 5 heteroatoms. The molecule has 1 saturated carbocycles. The largest absolute Gasteiger partial charge is 0.493 e. The number of aryl methyl sites for hydroxylation is 1. The van der Waals surface area contributed by atoms with Crippen molar-refractivity contribution < 1.29 is 4.74 Å². The van der Waals surface area contributed by atoms with E-state index in [0.29, 0.717) is 0 Å². The Kier molecular flexibility index (Phi) is 4.02. The van der Waals surface area contributed by atoms with Crippen LogP contribution in [0.3, 0.4) is 0 Å². The molecule has 0 bridgehead atoms. The molecule has 2 aromatic carbocycles. The molecule has 3 aromatic rings.